The van der Waals surface area contributed by atoms with Crippen LogP contribution in [0.3, 0.4) is 0 Å². The molecule has 1 saturated heterocycles. The minimum absolute atomic E-state index is 0.0107. The molecular formula is C16H15BrN2O5S. The molecule has 132 valence electrons. The van der Waals surface area contributed by atoms with Gasteiger partial charge in [-0.1, -0.05) is 22.0 Å². The SMILES string of the molecule is O=[N+]([O-])c1cc(S(=O)(=O)N2CCCC2)ccc1Oc1cccc(Br)c1. The highest BCUT2D eigenvalue weighted by Crippen LogP contribution is 2.35. The summed E-state index contributed by atoms with van der Waals surface area (Å²) in [5.41, 5.74) is -0.389. The molecular weight excluding hydrogens is 412 g/mol. The molecule has 0 aliphatic carbocycles. The zero-order valence-corrected chi connectivity index (χ0v) is 15.5. The van der Waals surface area contributed by atoms with Gasteiger partial charge in [0, 0.05) is 23.6 Å². The van der Waals surface area contributed by atoms with Crippen molar-refractivity contribution in [3.8, 4) is 11.5 Å². The molecule has 1 fully saturated rings. The van der Waals surface area contributed by atoms with Crippen LogP contribution < -0.4 is 4.74 Å². The Balaban J connectivity index is 1.97. The van der Waals surface area contributed by atoms with Crippen LogP contribution in [-0.4, -0.2) is 30.7 Å². The molecule has 2 aromatic carbocycles. The summed E-state index contributed by atoms with van der Waals surface area (Å²) in [4.78, 5) is 10.6. The third-order valence-corrected chi connectivity index (χ3v) is 6.24. The zero-order chi connectivity index (χ0) is 18.0. The maximum absolute atomic E-state index is 12.6. The quantitative estimate of drug-likeness (QED) is 0.533. The summed E-state index contributed by atoms with van der Waals surface area (Å²) in [5.74, 6) is 0.399. The molecule has 3 rings (SSSR count). The Bertz CT molecular complexity index is 910. The fourth-order valence-electron chi connectivity index (χ4n) is 2.62. The van der Waals surface area contributed by atoms with E-state index in [0.717, 1.165) is 23.4 Å². The number of nitrogens with zero attached hydrogens (tertiary/aromatic N) is 2. The van der Waals surface area contributed by atoms with E-state index in [-0.39, 0.29) is 16.3 Å². The van der Waals surface area contributed by atoms with Crippen LogP contribution in [0, 0.1) is 10.1 Å². The normalized spacial score (nSPS) is 15.2. The van der Waals surface area contributed by atoms with Crippen LogP contribution in [-0.2, 0) is 10.0 Å². The first-order valence-electron chi connectivity index (χ1n) is 7.60. The molecule has 0 bridgehead atoms. The molecule has 0 amide bonds. The van der Waals surface area contributed by atoms with Gasteiger partial charge in [-0.25, -0.2) is 8.42 Å². The largest absolute Gasteiger partial charge is 0.450 e. The van der Waals surface area contributed by atoms with Crippen LogP contribution in [0.25, 0.3) is 0 Å². The highest BCUT2D eigenvalue weighted by atomic mass is 79.9. The number of rotatable bonds is 5. The van der Waals surface area contributed by atoms with E-state index in [2.05, 4.69) is 15.9 Å². The van der Waals surface area contributed by atoms with E-state index < -0.39 is 14.9 Å². The topological polar surface area (TPSA) is 89.8 Å². The van der Waals surface area contributed by atoms with E-state index >= 15 is 0 Å². The van der Waals surface area contributed by atoms with Gasteiger partial charge in [0.05, 0.1) is 9.82 Å². The minimum atomic E-state index is -3.73. The van der Waals surface area contributed by atoms with Crippen molar-refractivity contribution >= 4 is 31.6 Å². The second kappa shape index (κ2) is 7.11. The molecule has 0 spiro atoms. The summed E-state index contributed by atoms with van der Waals surface area (Å²) < 4.78 is 32.8. The highest BCUT2D eigenvalue weighted by molar-refractivity contribution is 9.10. The van der Waals surface area contributed by atoms with Gasteiger partial charge in [0.25, 0.3) is 0 Å². The molecule has 1 aliphatic rings. The summed E-state index contributed by atoms with van der Waals surface area (Å²) in [6.45, 7) is 0.874. The predicted molar refractivity (Wildman–Crippen MR) is 95.3 cm³/mol. The third-order valence-electron chi connectivity index (χ3n) is 3.85. The van der Waals surface area contributed by atoms with Gasteiger partial charge in [0.1, 0.15) is 5.75 Å². The van der Waals surface area contributed by atoms with E-state index in [0.29, 0.717) is 18.8 Å². The first-order chi connectivity index (χ1) is 11.9. The molecule has 25 heavy (non-hydrogen) atoms. The average Bonchev–Trinajstić information content (AvgIpc) is 3.10. The molecule has 2 aromatic rings. The van der Waals surface area contributed by atoms with Gasteiger partial charge in [-0.05, 0) is 43.2 Å². The summed E-state index contributed by atoms with van der Waals surface area (Å²) in [7, 11) is -3.73. The standard InChI is InChI=1S/C16H15BrN2O5S/c17-12-4-3-5-13(10-12)24-16-7-6-14(11-15(16)19(20)21)25(22,23)18-8-1-2-9-18/h3-7,10-11H,1-2,8-9H2. The number of hydrogen-bond donors (Lipinski definition) is 0. The van der Waals surface area contributed by atoms with Gasteiger partial charge in [0.2, 0.25) is 15.8 Å². The Kier molecular flexibility index (Phi) is 5.07. The summed E-state index contributed by atoms with van der Waals surface area (Å²) >= 11 is 3.30. The summed E-state index contributed by atoms with van der Waals surface area (Å²) in [6, 6.07) is 10.6. The molecule has 7 nitrogen and oxygen atoms in total. The Morgan fingerprint density at radius 3 is 2.48 bits per heavy atom. The molecule has 9 heteroatoms. The Labute approximate surface area is 153 Å². The molecule has 0 aromatic heterocycles. The highest BCUT2D eigenvalue weighted by Gasteiger charge is 2.29. The predicted octanol–water partition coefficient (Wildman–Crippen LogP) is 3.93. The third kappa shape index (κ3) is 3.83. The van der Waals surface area contributed by atoms with E-state index in [1.165, 1.54) is 16.4 Å². The molecule has 0 saturated carbocycles. The van der Waals surface area contributed by atoms with Crippen molar-refractivity contribution in [1.29, 1.82) is 0 Å². The second-order valence-corrected chi connectivity index (χ2v) is 8.41. The van der Waals surface area contributed by atoms with E-state index in [4.69, 9.17) is 4.74 Å². The van der Waals surface area contributed by atoms with Gasteiger partial charge in [-0.3, -0.25) is 10.1 Å². The number of halogens is 1. The van der Waals surface area contributed by atoms with Crippen molar-refractivity contribution < 1.29 is 18.1 Å². The summed E-state index contributed by atoms with van der Waals surface area (Å²) in [6.07, 6.45) is 1.59. The van der Waals surface area contributed by atoms with Crippen molar-refractivity contribution in [3.63, 3.8) is 0 Å². The number of ether oxygens (including phenoxy) is 1. The molecule has 0 unspecified atom stereocenters. The number of sulfonamides is 1. The van der Waals surface area contributed by atoms with Crippen LogP contribution in [0.2, 0.25) is 0 Å². The fourth-order valence-corrected chi connectivity index (χ4v) is 4.54. The maximum Gasteiger partial charge on any atom is 0.312 e. The number of benzene rings is 2. The first kappa shape index (κ1) is 17.8. The lowest BCUT2D eigenvalue weighted by Gasteiger charge is -2.15. The van der Waals surface area contributed by atoms with Crippen molar-refractivity contribution in [2.24, 2.45) is 0 Å². The van der Waals surface area contributed by atoms with Gasteiger partial charge in [0.15, 0.2) is 0 Å². The average molecular weight is 427 g/mol. The molecule has 0 N–H and O–H groups in total. The van der Waals surface area contributed by atoms with Crippen LogP contribution in [0.5, 0.6) is 11.5 Å². The lowest BCUT2D eigenvalue weighted by Crippen LogP contribution is -2.27. The number of nitro benzene ring substituents is 1. The van der Waals surface area contributed by atoms with E-state index in [1.807, 2.05) is 0 Å². The van der Waals surface area contributed by atoms with Crippen LogP contribution in [0.15, 0.2) is 51.8 Å². The van der Waals surface area contributed by atoms with E-state index in [9.17, 15) is 18.5 Å². The summed E-state index contributed by atoms with van der Waals surface area (Å²) in [5, 5.41) is 11.4. The van der Waals surface area contributed by atoms with Crippen molar-refractivity contribution in [3.05, 3.63) is 57.1 Å². The van der Waals surface area contributed by atoms with Crippen LogP contribution in [0.4, 0.5) is 5.69 Å². The molecule has 1 heterocycles. The smallest absolute Gasteiger partial charge is 0.312 e. The van der Waals surface area contributed by atoms with Crippen LogP contribution >= 0.6 is 15.9 Å². The fraction of sp³-hybridized carbons (Fsp3) is 0.250. The Hall–Kier alpha value is -1.97. The molecule has 0 radical (unpaired) electrons. The minimum Gasteiger partial charge on any atom is -0.450 e. The van der Waals surface area contributed by atoms with Gasteiger partial charge in [-0.2, -0.15) is 4.31 Å². The molecule has 0 atom stereocenters. The maximum atomic E-state index is 12.6. The lowest BCUT2D eigenvalue weighted by atomic mass is 10.3. The van der Waals surface area contributed by atoms with Gasteiger partial charge >= 0.3 is 5.69 Å². The van der Waals surface area contributed by atoms with Crippen molar-refractivity contribution in [1.82, 2.24) is 4.31 Å². The molecule has 1 aliphatic heterocycles. The number of hydrogen-bond acceptors (Lipinski definition) is 5. The van der Waals surface area contributed by atoms with Crippen LogP contribution in [0.1, 0.15) is 12.8 Å². The van der Waals surface area contributed by atoms with Crippen molar-refractivity contribution in [2.45, 2.75) is 17.7 Å². The van der Waals surface area contributed by atoms with Gasteiger partial charge < -0.3 is 4.74 Å². The second-order valence-electron chi connectivity index (χ2n) is 5.56. The zero-order valence-electron chi connectivity index (χ0n) is 13.1. The lowest BCUT2D eigenvalue weighted by molar-refractivity contribution is -0.385. The monoisotopic (exact) mass is 426 g/mol. The Morgan fingerprint density at radius 1 is 1.12 bits per heavy atom. The number of nitro groups is 1. The van der Waals surface area contributed by atoms with Gasteiger partial charge in [-0.15, -0.1) is 0 Å². The first-order valence-corrected chi connectivity index (χ1v) is 9.83. The Morgan fingerprint density at radius 2 is 1.84 bits per heavy atom. The van der Waals surface area contributed by atoms with Crippen molar-refractivity contribution in [2.75, 3.05) is 13.1 Å². The van der Waals surface area contributed by atoms with E-state index in [1.54, 1.807) is 24.3 Å².